The van der Waals surface area contributed by atoms with E-state index in [1.54, 1.807) is 0 Å². The molecule has 3 nitrogen and oxygen atoms in total. The van der Waals surface area contributed by atoms with Crippen LogP contribution in [0.2, 0.25) is 0 Å². The Labute approximate surface area is 92.8 Å². The Morgan fingerprint density at radius 3 is 2.60 bits per heavy atom. The fourth-order valence-corrected chi connectivity index (χ4v) is 1.40. The van der Waals surface area contributed by atoms with Crippen molar-refractivity contribution in [2.75, 3.05) is 13.2 Å². The van der Waals surface area contributed by atoms with Gasteiger partial charge in [0.05, 0.1) is 6.61 Å². The lowest BCUT2D eigenvalue weighted by Crippen LogP contribution is -2.14. The van der Waals surface area contributed by atoms with Crippen molar-refractivity contribution in [2.24, 2.45) is 5.92 Å². The molecule has 0 saturated carbocycles. The van der Waals surface area contributed by atoms with Crippen LogP contribution in [0.4, 0.5) is 0 Å². The first-order chi connectivity index (χ1) is 7.24. The Morgan fingerprint density at radius 1 is 1.33 bits per heavy atom. The molecule has 0 amide bonds. The van der Waals surface area contributed by atoms with Crippen molar-refractivity contribution in [2.45, 2.75) is 52.4 Å². The molecule has 0 rings (SSSR count). The molecule has 0 aromatic heterocycles. The van der Waals surface area contributed by atoms with Crippen molar-refractivity contribution in [3.63, 3.8) is 0 Å². The van der Waals surface area contributed by atoms with Gasteiger partial charge in [-0.1, -0.05) is 33.1 Å². The van der Waals surface area contributed by atoms with Crippen molar-refractivity contribution >= 4 is 5.97 Å². The lowest BCUT2D eigenvalue weighted by Gasteiger charge is -2.14. The van der Waals surface area contributed by atoms with Crippen molar-refractivity contribution in [3.05, 3.63) is 0 Å². The molecule has 0 aliphatic rings. The average molecular weight is 216 g/mol. The van der Waals surface area contributed by atoms with Crippen LogP contribution < -0.4 is 0 Å². The molecule has 0 fully saturated rings. The number of carbonyl (C=O) groups is 1. The number of ether oxygens (including phenoxy) is 1. The standard InChI is InChI=1S/C12H24O3/c1-3-5-7-11(4-2)10-15-12(14)8-6-9-13/h11,13H,3-10H2,1-2H3. The molecule has 0 aliphatic carbocycles. The number of aliphatic hydroxyl groups is 1. The molecule has 0 aliphatic heterocycles. The summed E-state index contributed by atoms with van der Waals surface area (Å²) in [4.78, 5) is 11.2. The van der Waals surface area contributed by atoms with Crippen LogP contribution in [0.25, 0.3) is 0 Å². The molecular formula is C12H24O3. The van der Waals surface area contributed by atoms with Gasteiger partial charge in [-0.15, -0.1) is 0 Å². The van der Waals surface area contributed by atoms with Crippen molar-refractivity contribution in [3.8, 4) is 0 Å². The zero-order valence-corrected chi connectivity index (χ0v) is 10.00. The van der Waals surface area contributed by atoms with E-state index in [9.17, 15) is 4.79 Å². The molecule has 0 saturated heterocycles. The third-order valence-corrected chi connectivity index (χ3v) is 2.56. The summed E-state index contributed by atoms with van der Waals surface area (Å²) in [6.45, 7) is 4.89. The van der Waals surface area contributed by atoms with Crippen molar-refractivity contribution in [1.29, 1.82) is 0 Å². The van der Waals surface area contributed by atoms with E-state index in [2.05, 4.69) is 13.8 Å². The first kappa shape index (κ1) is 14.4. The van der Waals surface area contributed by atoms with Gasteiger partial charge >= 0.3 is 5.97 Å². The van der Waals surface area contributed by atoms with E-state index in [0.717, 1.165) is 12.8 Å². The Kier molecular flexibility index (Phi) is 9.59. The van der Waals surface area contributed by atoms with Gasteiger partial charge in [0.2, 0.25) is 0 Å². The molecule has 1 N–H and O–H groups in total. The number of esters is 1. The molecule has 0 bridgehead atoms. The highest BCUT2D eigenvalue weighted by atomic mass is 16.5. The van der Waals surface area contributed by atoms with Gasteiger partial charge in [-0.25, -0.2) is 0 Å². The number of aliphatic hydroxyl groups excluding tert-OH is 1. The number of carbonyl (C=O) groups excluding carboxylic acids is 1. The molecule has 15 heavy (non-hydrogen) atoms. The predicted octanol–water partition coefficient (Wildman–Crippen LogP) is 2.52. The minimum Gasteiger partial charge on any atom is -0.465 e. The minimum absolute atomic E-state index is 0.0577. The van der Waals surface area contributed by atoms with Crippen LogP contribution in [-0.4, -0.2) is 24.3 Å². The molecule has 0 radical (unpaired) electrons. The van der Waals surface area contributed by atoms with Crippen LogP contribution >= 0.6 is 0 Å². The highest BCUT2D eigenvalue weighted by Crippen LogP contribution is 2.13. The summed E-state index contributed by atoms with van der Waals surface area (Å²) in [6, 6.07) is 0. The van der Waals surface area contributed by atoms with E-state index in [1.165, 1.54) is 12.8 Å². The summed E-state index contributed by atoms with van der Waals surface area (Å²) in [7, 11) is 0. The largest absolute Gasteiger partial charge is 0.465 e. The monoisotopic (exact) mass is 216 g/mol. The maximum atomic E-state index is 11.2. The fraction of sp³-hybridized carbons (Fsp3) is 0.917. The Hall–Kier alpha value is -0.570. The van der Waals surface area contributed by atoms with Crippen LogP contribution in [0.5, 0.6) is 0 Å². The summed E-state index contributed by atoms with van der Waals surface area (Å²) >= 11 is 0. The molecular weight excluding hydrogens is 192 g/mol. The molecule has 0 aromatic carbocycles. The van der Waals surface area contributed by atoms with Gasteiger partial charge in [0, 0.05) is 13.0 Å². The van der Waals surface area contributed by atoms with Crippen LogP contribution in [0.1, 0.15) is 52.4 Å². The molecule has 1 unspecified atom stereocenters. The molecule has 3 heteroatoms. The van der Waals surface area contributed by atoms with Gasteiger partial charge in [0.1, 0.15) is 0 Å². The van der Waals surface area contributed by atoms with Crippen molar-refractivity contribution in [1.82, 2.24) is 0 Å². The lowest BCUT2D eigenvalue weighted by molar-refractivity contribution is -0.145. The third-order valence-electron chi connectivity index (χ3n) is 2.56. The highest BCUT2D eigenvalue weighted by molar-refractivity contribution is 5.69. The Morgan fingerprint density at radius 2 is 2.07 bits per heavy atom. The number of unbranched alkanes of at least 4 members (excludes halogenated alkanes) is 1. The van der Waals surface area contributed by atoms with E-state index in [0.29, 0.717) is 25.4 Å². The first-order valence-corrected chi connectivity index (χ1v) is 6.01. The van der Waals surface area contributed by atoms with E-state index in [4.69, 9.17) is 9.84 Å². The van der Waals surface area contributed by atoms with Gasteiger partial charge in [-0.05, 0) is 18.8 Å². The predicted molar refractivity (Wildman–Crippen MR) is 60.6 cm³/mol. The topological polar surface area (TPSA) is 46.5 Å². The number of hydrogen-bond donors (Lipinski definition) is 1. The normalized spacial score (nSPS) is 12.5. The third kappa shape index (κ3) is 8.43. The van der Waals surface area contributed by atoms with Gasteiger partial charge in [0.25, 0.3) is 0 Å². The van der Waals surface area contributed by atoms with Crippen molar-refractivity contribution < 1.29 is 14.6 Å². The summed E-state index contributed by atoms with van der Waals surface area (Å²) < 4.78 is 5.14. The number of hydrogen-bond acceptors (Lipinski definition) is 3. The average Bonchev–Trinajstić information content (AvgIpc) is 2.26. The second-order valence-corrected chi connectivity index (χ2v) is 3.93. The van der Waals surface area contributed by atoms with Crippen LogP contribution in [0.3, 0.4) is 0 Å². The van der Waals surface area contributed by atoms with Crippen LogP contribution in [0, 0.1) is 5.92 Å². The van der Waals surface area contributed by atoms with Gasteiger partial charge in [-0.2, -0.15) is 0 Å². The second kappa shape index (κ2) is 9.97. The van der Waals surface area contributed by atoms with E-state index >= 15 is 0 Å². The maximum absolute atomic E-state index is 11.2. The van der Waals surface area contributed by atoms with Gasteiger partial charge in [-0.3, -0.25) is 4.79 Å². The summed E-state index contributed by atoms with van der Waals surface area (Å²) in [5.41, 5.74) is 0. The number of rotatable bonds is 9. The summed E-state index contributed by atoms with van der Waals surface area (Å²) in [5.74, 6) is 0.321. The molecule has 90 valence electrons. The quantitative estimate of drug-likeness (QED) is 0.602. The maximum Gasteiger partial charge on any atom is 0.305 e. The minimum atomic E-state index is -0.181. The van der Waals surface area contributed by atoms with E-state index < -0.39 is 0 Å². The van der Waals surface area contributed by atoms with Crippen LogP contribution in [-0.2, 0) is 9.53 Å². The zero-order chi connectivity index (χ0) is 11.5. The zero-order valence-electron chi connectivity index (χ0n) is 10.00. The molecule has 0 heterocycles. The van der Waals surface area contributed by atoms with Gasteiger partial charge < -0.3 is 9.84 Å². The lowest BCUT2D eigenvalue weighted by atomic mass is 10.0. The molecule has 0 spiro atoms. The summed E-state index contributed by atoms with van der Waals surface area (Å²) in [5, 5.41) is 8.55. The molecule has 0 aromatic rings. The molecule has 1 atom stereocenters. The van der Waals surface area contributed by atoms with E-state index in [1.807, 2.05) is 0 Å². The Bertz CT molecular complexity index is 157. The Balaban J connectivity index is 3.55. The smallest absolute Gasteiger partial charge is 0.305 e. The highest BCUT2D eigenvalue weighted by Gasteiger charge is 2.09. The van der Waals surface area contributed by atoms with Gasteiger partial charge in [0.15, 0.2) is 0 Å². The second-order valence-electron chi connectivity index (χ2n) is 3.93. The fourth-order valence-electron chi connectivity index (χ4n) is 1.40. The summed E-state index contributed by atoms with van der Waals surface area (Å²) in [6.07, 6.45) is 5.43. The van der Waals surface area contributed by atoms with Crippen LogP contribution in [0.15, 0.2) is 0 Å². The van der Waals surface area contributed by atoms with E-state index in [-0.39, 0.29) is 12.6 Å². The SMILES string of the molecule is CCCCC(CC)COC(=O)CCCO. The first-order valence-electron chi connectivity index (χ1n) is 6.01.